The zero-order valence-electron chi connectivity index (χ0n) is 17.5. The summed E-state index contributed by atoms with van der Waals surface area (Å²) in [5.74, 6) is -0.207. The first-order chi connectivity index (χ1) is 14.9. The molecule has 2 N–H and O–H groups in total. The number of H-pyrrole nitrogens is 1. The van der Waals surface area contributed by atoms with Gasteiger partial charge in [-0.25, -0.2) is 9.67 Å². The number of nitrogens with zero attached hydrogens (tertiary/aromatic N) is 4. The van der Waals surface area contributed by atoms with Crippen LogP contribution in [0.4, 0.5) is 5.69 Å². The minimum absolute atomic E-state index is 0.00640. The van der Waals surface area contributed by atoms with Gasteiger partial charge in [-0.05, 0) is 44.1 Å². The largest absolute Gasteiger partial charge is 0.494 e. The van der Waals surface area contributed by atoms with Crippen molar-refractivity contribution in [2.45, 2.75) is 45.1 Å². The summed E-state index contributed by atoms with van der Waals surface area (Å²) in [6.07, 6.45) is 6.30. The molecule has 31 heavy (non-hydrogen) atoms. The van der Waals surface area contributed by atoms with Gasteiger partial charge in [-0.2, -0.15) is 0 Å². The molecule has 1 aromatic carbocycles. The number of aromatic amines is 1. The zero-order chi connectivity index (χ0) is 22.1. The van der Waals surface area contributed by atoms with E-state index in [1.807, 2.05) is 30.3 Å². The molecule has 0 spiro atoms. The number of aromatic nitrogens is 4. The fraction of sp³-hybridized carbons (Fsp3) is 0.364. The molecule has 0 radical (unpaired) electrons. The average Bonchev–Trinajstić information content (AvgIpc) is 2.97. The van der Waals surface area contributed by atoms with E-state index in [-0.39, 0.29) is 33.5 Å². The van der Waals surface area contributed by atoms with Crippen LogP contribution in [0.25, 0.3) is 5.69 Å². The molecular weight excluding hydrogens is 414 g/mol. The number of aliphatic imine (C=N–C) groups is 1. The summed E-state index contributed by atoms with van der Waals surface area (Å²) in [7, 11) is 1.77. The van der Waals surface area contributed by atoms with Crippen molar-refractivity contribution in [3.63, 3.8) is 0 Å². The Kier molecular flexibility index (Phi) is 5.77. The lowest BCUT2D eigenvalue weighted by atomic mass is 9.95. The normalized spacial score (nSPS) is 15.0. The van der Waals surface area contributed by atoms with Crippen molar-refractivity contribution < 1.29 is 5.11 Å². The van der Waals surface area contributed by atoms with Gasteiger partial charge < -0.3 is 5.11 Å². The van der Waals surface area contributed by atoms with Crippen molar-refractivity contribution in [1.82, 2.24) is 18.9 Å². The summed E-state index contributed by atoms with van der Waals surface area (Å²) in [4.78, 5) is 32.5. The zero-order valence-corrected chi connectivity index (χ0v) is 18.4. The van der Waals surface area contributed by atoms with E-state index in [4.69, 9.17) is 12.2 Å². The highest BCUT2D eigenvalue weighted by molar-refractivity contribution is 7.71. The number of hydrogen-bond acceptors (Lipinski definition) is 5. The summed E-state index contributed by atoms with van der Waals surface area (Å²) in [5.41, 5.74) is 0.713. The highest BCUT2D eigenvalue weighted by atomic mass is 32.1. The second kappa shape index (κ2) is 8.50. The van der Waals surface area contributed by atoms with Gasteiger partial charge in [-0.3, -0.25) is 23.8 Å². The molecule has 1 fully saturated rings. The van der Waals surface area contributed by atoms with Crippen LogP contribution in [0.5, 0.6) is 5.88 Å². The molecule has 0 atom stereocenters. The molecule has 2 heterocycles. The topological polar surface area (TPSA) is 97.3 Å². The lowest BCUT2D eigenvalue weighted by Crippen LogP contribution is -2.23. The quantitative estimate of drug-likeness (QED) is 0.479. The van der Waals surface area contributed by atoms with Gasteiger partial charge in [0.25, 0.3) is 11.1 Å². The number of benzene rings is 1. The highest BCUT2D eigenvalue weighted by Crippen LogP contribution is 2.31. The van der Waals surface area contributed by atoms with Crippen LogP contribution in [0.2, 0.25) is 0 Å². The predicted molar refractivity (Wildman–Crippen MR) is 123 cm³/mol. The SMILES string of the molecule is Cc1c(N=Cc2c(O)n(C3CCCCC3)c(=S)[nH]c2=O)c(=O)n(-c2ccccc2)n1C. The molecule has 0 amide bonds. The Morgan fingerprint density at radius 3 is 2.52 bits per heavy atom. The summed E-state index contributed by atoms with van der Waals surface area (Å²) < 4.78 is 5.04. The Morgan fingerprint density at radius 1 is 1.16 bits per heavy atom. The molecule has 9 heteroatoms. The lowest BCUT2D eigenvalue weighted by molar-refractivity contribution is 0.303. The van der Waals surface area contributed by atoms with Crippen LogP contribution in [0.15, 0.2) is 44.9 Å². The first kappa shape index (κ1) is 21.0. The molecule has 3 aromatic rings. The van der Waals surface area contributed by atoms with Gasteiger partial charge in [0, 0.05) is 19.3 Å². The Labute approximate surface area is 184 Å². The van der Waals surface area contributed by atoms with E-state index in [2.05, 4.69) is 9.98 Å². The van der Waals surface area contributed by atoms with E-state index >= 15 is 0 Å². The van der Waals surface area contributed by atoms with E-state index < -0.39 is 5.56 Å². The molecular formula is C22H25N5O3S. The predicted octanol–water partition coefficient (Wildman–Crippen LogP) is 3.67. The molecule has 0 saturated heterocycles. The number of aromatic hydroxyl groups is 1. The fourth-order valence-corrected chi connectivity index (χ4v) is 4.51. The smallest absolute Gasteiger partial charge is 0.297 e. The van der Waals surface area contributed by atoms with E-state index in [0.717, 1.165) is 32.1 Å². The Balaban J connectivity index is 1.79. The van der Waals surface area contributed by atoms with E-state index in [9.17, 15) is 14.7 Å². The van der Waals surface area contributed by atoms with Crippen molar-refractivity contribution in [3.8, 4) is 11.6 Å². The average molecular weight is 440 g/mol. The highest BCUT2D eigenvalue weighted by Gasteiger charge is 2.21. The Bertz CT molecular complexity index is 1310. The number of para-hydroxylation sites is 1. The van der Waals surface area contributed by atoms with Crippen LogP contribution < -0.4 is 11.1 Å². The third kappa shape index (κ3) is 3.81. The fourth-order valence-electron chi connectivity index (χ4n) is 4.18. The second-order valence-corrected chi connectivity index (χ2v) is 8.21. The van der Waals surface area contributed by atoms with Crippen molar-refractivity contribution in [2.75, 3.05) is 0 Å². The van der Waals surface area contributed by atoms with Gasteiger partial charge in [-0.15, -0.1) is 0 Å². The van der Waals surface area contributed by atoms with Gasteiger partial charge in [0.05, 0.1) is 11.4 Å². The van der Waals surface area contributed by atoms with Crippen molar-refractivity contribution >= 4 is 24.1 Å². The van der Waals surface area contributed by atoms with Crippen molar-refractivity contribution in [1.29, 1.82) is 0 Å². The summed E-state index contributed by atoms with van der Waals surface area (Å²) in [5, 5.41) is 10.9. The summed E-state index contributed by atoms with van der Waals surface area (Å²) in [6, 6.07) is 9.29. The van der Waals surface area contributed by atoms with Crippen LogP contribution in [0, 0.1) is 11.7 Å². The van der Waals surface area contributed by atoms with Crippen LogP contribution in [-0.4, -0.2) is 30.2 Å². The maximum atomic E-state index is 13.0. The molecule has 1 aliphatic rings. The Morgan fingerprint density at radius 2 is 1.84 bits per heavy atom. The molecule has 162 valence electrons. The Hall–Kier alpha value is -3.20. The van der Waals surface area contributed by atoms with Crippen LogP contribution in [-0.2, 0) is 7.05 Å². The number of hydrogen-bond donors (Lipinski definition) is 2. The third-order valence-corrected chi connectivity index (χ3v) is 6.24. The first-order valence-corrected chi connectivity index (χ1v) is 10.8. The van der Waals surface area contributed by atoms with Gasteiger partial charge >= 0.3 is 0 Å². The third-order valence-electron chi connectivity index (χ3n) is 5.94. The van der Waals surface area contributed by atoms with E-state index in [1.54, 1.807) is 23.2 Å². The van der Waals surface area contributed by atoms with Gasteiger partial charge in [-0.1, -0.05) is 37.5 Å². The number of nitrogens with one attached hydrogen (secondary N) is 1. The molecule has 8 nitrogen and oxygen atoms in total. The summed E-state index contributed by atoms with van der Waals surface area (Å²) >= 11 is 5.31. The van der Waals surface area contributed by atoms with Gasteiger partial charge in [0.2, 0.25) is 5.88 Å². The monoisotopic (exact) mass is 439 g/mol. The van der Waals surface area contributed by atoms with E-state index in [1.165, 1.54) is 10.9 Å². The van der Waals surface area contributed by atoms with Crippen molar-refractivity contribution in [2.24, 2.45) is 12.0 Å². The second-order valence-electron chi connectivity index (χ2n) is 7.83. The molecule has 1 aliphatic carbocycles. The van der Waals surface area contributed by atoms with Gasteiger partial charge in [0.15, 0.2) is 10.5 Å². The minimum Gasteiger partial charge on any atom is -0.494 e. The standard InChI is InChI=1S/C22H25N5O3S/c1-14-18(21(30)27(25(14)2)16-11-7-4-8-12-16)23-13-17-19(28)24-22(31)26(20(17)29)15-9-5-3-6-10-15/h4,7-8,11-13,15,29H,3,5-6,9-10H2,1-2H3,(H,24,28,31). The molecule has 2 aromatic heterocycles. The molecule has 1 saturated carbocycles. The lowest BCUT2D eigenvalue weighted by Gasteiger charge is -2.25. The van der Waals surface area contributed by atoms with E-state index in [0.29, 0.717) is 11.4 Å². The molecule has 0 aliphatic heterocycles. The van der Waals surface area contributed by atoms with Crippen LogP contribution >= 0.6 is 12.2 Å². The van der Waals surface area contributed by atoms with Crippen LogP contribution in [0.3, 0.4) is 0 Å². The minimum atomic E-state index is -0.532. The first-order valence-electron chi connectivity index (χ1n) is 10.4. The molecule has 0 bridgehead atoms. The summed E-state index contributed by atoms with van der Waals surface area (Å²) in [6.45, 7) is 1.78. The van der Waals surface area contributed by atoms with Crippen LogP contribution in [0.1, 0.15) is 49.4 Å². The molecule has 0 unspecified atom stereocenters. The number of rotatable bonds is 4. The van der Waals surface area contributed by atoms with Crippen molar-refractivity contribution in [3.05, 3.63) is 67.1 Å². The maximum Gasteiger partial charge on any atom is 0.297 e. The maximum absolute atomic E-state index is 13.0. The van der Waals surface area contributed by atoms with Gasteiger partial charge in [0.1, 0.15) is 5.56 Å². The molecule has 4 rings (SSSR count).